The highest BCUT2D eigenvalue weighted by Crippen LogP contribution is 2.25. The maximum atomic E-state index is 5.48. The number of hydrogen-bond acceptors (Lipinski definition) is 6. The maximum absolute atomic E-state index is 5.48. The molecule has 1 N–H and O–H groups in total. The molecule has 0 saturated carbocycles. The van der Waals surface area contributed by atoms with E-state index in [1.807, 2.05) is 6.92 Å². The van der Waals surface area contributed by atoms with Crippen LogP contribution in [-0.2, 0) is 24.0 Å². The quantitative estimate of drug-likeness (QED) is 0.902. The van der Waals surface area contributed by atoms with Gasteiger partial charge in [0.2, 0.25) is 0 Å². The molecule has 2 aliphatic rings. The Hall–Kier alpha value is -2.08. The number of ether oxygens (including phenoxy) is 1. The summed E-state index contributed by atoms with van der Waals surface area (Å²) in [4.78, 5) is 18.5. The second kappa shape index (κ2) is 7.04. The summed E-state index contributed by atoms with van der Waals surface area (Å²) < 4.78 is 5.48. The van der Waals surface area contributed by atoms with Crippen LogP contribution >= 0.6 is 0 Å². The molecule has 0 aromatic carbocycles. The summed E-state index contributed by atoms with van der Waals surface area (Å²) in [5.41, 5.74) is 4.85. The summed E-state index contributed by atoms with van der Waals surface area (Å²) >= 11 is 0. The molecule has 4 rings (SSSR count). The number of rotatable bonds is 5. The normalized spacial score (nSPS) is 19.2. The Morgan fingerprint density at radius 2 is 2.08 bits per heavy atom. The molecule has 132 valence electrons. The van der Waals surface area contributed by atoms with Crippen molar-refractivity contribution in [1.82, 2.24) is 19.9 Å². The molecule has 1 aliphatic heterocycles. The van der Waals surface area contributed by atoms with Gasteiger partial charge in [0, 0.05) is 42.9 Å². The summed E-state index contributed by atoms with van der Waals surface area (Å²) in [5.74, 6) is 3.01. The van der Waals surface area contributed by atoms with E-state index >= 15 is 0 Å². The van der Waals surface area contributed by atoms with Crippen molar-refractivity contribution in [2.75, 3.05) is 25.1 Å². The molecule has 0 spiro atoms. The number of nitrogens with zero attached hydrogens (tertiary/aromatic N) is 4. The fourth-order valence-electron chi connectivity index (χ4n) is 3.76. The van der Waals surface area contributed by atoms with Gasteiger partial charge in [-0.05, 0) is 45.1 Å². The van der Waals surface area contributed by atoms with Crippen molar-refractivity contribution >= 4 is 5.82 Å². The molecular formula is C19H25N5O. The molecule has 2 aromatic rings. The molecule has 0 radical (unpaired) electrons. The van der Waals surface area contributed by atoms with E-state index in [1.165, 1.54) is 17.7 Å². The standard InChI is InChI=1S/C19H25N5O/c1-12-15-4-3-5-16(15)24-18(21-12)6-8-20-19-10-17(22-13(2)23-19)14-7-9-25-11-14/h10,14H,3-9,11H2,1-2H3,(H,20,22,23)/t14-/m0/s1. The van der Waals surface area contributed by atoms with E-state index in [4.69, 9.17) is 9.72 Å². The van der Waals surface area contributed by atoms with E-state index in [0.29, 0.717) is 5.92 Å². The van der Waals surface area contributed by atoms with Crippen LogP contribution in [0.1, 0.15) is 53.1 Å². The van der Waals surface area contributed by atoms with Crippen molar-refractivity contribution in [2.45, 2.75) is 51.9 Å². The Morgan fingerprint density at radius 3 is 2.92 bits per heavy atom. The molecule has 0 amide bonds. The Morgan fingerprint density at radius 1 is 1.16 bits per heavy atom. The molecular weight excluding hydrogens is 314 g/mol. The molecule has 3 heterocycles. The van der Waals surface area contributed by atoms with Crippen molar-refractivity contribution in [1.29, 1.82) is 0 Å². The Labute approximate surface area is 148 Å². The van der Waals surface area contributed by atoms with Gasteiger partial charge in [0.1, 0.15) is 17.5 Å². The number of hydrogen-bond donors (Lipinski definition) is 1. The fourth-order valence-corrected chi connectivity index (χ4v) is 3.76. The first-order valence-electron chi connectivity index (χ1n) is 9.21. The smallest absolute Gasteiger partial charge is 0.130 e. The number of aromatic nitrogens is 4. The lowest BCUT2D eigenvalue weighted by Crippen LogP contribution is -2.12. The first kappa shape index (κ1) is 16.4. The van der Waals surface area contributed by atoms with Gasteiger partial charge in [-0.25, -0.2) is 19.9 Å². The SMILES string of the molecule is Cc1nc(NCCc2nc(C)c3c(n2)CCC3)cc([C@H]2CCOC2)n1. The van der Waals surface area contributed by atoms with Crippen molar-refractivity contribution in [3.8, 4) is 0 Å². The van der Waals surface area contributed by atoms with E-state index < -0.39 is 0 Å². The minimum atomic E-state index is 0.393. The van der Waals surface area contributed by atoms with Crippen LogP contribution in [0.5, 0.6) is 0 Å². The zero-order valence-electron chi connectivity index (χ0n) is 15.0. The van der Waals surface area contributed by atoms with Crippen molar-refractivity contribution in [2.24, 2.45) is 0 Å². The summed E-state index contributed by atoms with van der Waals surface area (Å²) in [6.45, 7) is 6.41. The summed E-state index contributed by atoms with van der Waals surface area (Å²) in [6.07, 6.45) is 5.28. The highest BCUT2D eigenvalue weighted by atomic mass is 16.5. The van der Waals surface area contributed by atoms with Gasteiger partial charge in [0.15, 0.2) is 0 Å². The third kappa shape index (κ3) is 3.63. The van der Waals surface area contributed by atoms with E-state index in [9.17, 15) is 0 Å². The summed E-state index contributed by atoms with van der Waals surface area (Å²) in [6, 6.07) is 2.06. The Balaban J connectivity index is 1.41. The Bertz CT molecular complexity index is 771. The second-order valence-electron chi connectivity index (χ2n) is 6.97. The van der Waals surface area contributed by atoms with E-state index in [2.05, 4.69) is 33.3 Å². The van der Waals surface area contributed by atoms with Crippen molar-refractivity contribution < 1.29 is 4.74 Å². The molecule has 1 saturated heterocycles. The molecule has 6 nitrogen and oxygen atoms in total. The highest BCUT2D eigenvalue weighted by molar-refractivity contribution is 5.37. The number of aryl methyl sites for hydroxylation is 3. The molecule has 1 fully saturated rings. The molecule has 6 heteroatoms. The first-order chi connectivity index (χ1) is 12.2. The van der Waals surface area contributed by atoms with E-state index in [0.717, 1.165) is 74.3 Å². The Kier molecular flexibility index (Phi) is 4.61. The summed E-state index contributed by atoms with van der Waals surface area (Å²) in [7, 11) is 0. The van der Waals surface area contributed by atoms with Gasteiger partial charge in [-0.2, -0.15) is 0 Å². The van der Waals surface area contributed by atoms with E-state index in [-0.39, 0.29) is 0 Å². The van der Waals surface area contributed by atoms with Gasteiger partial charge in [0.05, 0.1) is 12.3 Å². The summed E-state index contributed by atoms with van der Waals surface area (Å²) in [5, 5.41) is 3.41. The van der Waals surface area contributed by atoms with Crippen molar-refractivity contribution in [3.63, 3.8) is 0 Å². The van der Waals surface area contributed by atoms with Crippen LogP contribution in [0.3, 0.4) is 0 Å². The predicted molar refractivity (Wildman–Crippen MR) is 95.9 cm³/mol. The average Bonchev–Trinajstić information content (AvgIpc) is 3.26. The third-order valence-electron chi connectivity index (χ3n) is 5.05. The lowest BCUT2D eigenvalue weighted by Gasteiger charge is -2.12. The highest BCUT2D eigenvalue weighted by Gasteiger charge is 2.20. The molecule has 1 aliphatic carbocycles. The minimum Gasteiger partial charge on any atom is -0.381 e. The van der Waals surface area contributed by atoms with Gasteiger partial charge in [-0.3, -0.25) is 0 Å². The van der Waals surface area contributed by atoms with Crippen LogP contribution in [0.2, 0.25) is 0 Å². The lowest BCUT2D eigenvalue weighted by atomic mass is 10.0. The molecule has 0 unspecified atom stereocenters. The zero-order chi connectivity index (χ0) is 17.2. The third-order valence-corrected chi connectivity index (χ3v) is 5.05. The van der Waals surface area contributed by atoms with Gasteiger partial charge in [-0.1, -0.05) is 0 Å². The van der Waals surface area contributed by atoms with Gasteiger partial charge >= 0.3 is 0 Å². The number of fused-ring (bicyclic) bond motifs is 1. The van der Waals surface area contributed by atoms with Crippen LogP contribution in [0.15, 0.2) is 6.07 Å². The van der Waals surface area contributed by atoms with Crippen LogP contribution in [0.4, 0.5) is 5.82 Å². The van der Waals surface area contributed by atoms with Crippen molar-refractivity contribution in [3.05, 3.63) is 40.4 Å². The topological polar surface area (TPSA) is 72.8 Å². The molecule has 2 aromatic heterocycles. The molecule has 0 bridgehead atoms. The van der Waals surface area contributed by atoms with Crippen LogP contribution in [0.25, 0.3) is 0 Å². The minimum absolute atomic E-state index is 0.393. The molecule has 1 atom stereocenters. The first-order valence-corrected chi connectivity index (χ1v) is 9.21. The maximum Gasteiger partial charge on any atom is 0.130 e. The zero-order valence-corrected chi connectivity index (χ0v) is 15.0. The second-order valence-corrected chi connectivity index (χ2v) is 6.97. The van der Waals surface area contributed by atoms with E-state index in [1.54, 1.807) is 0 Å². The largest absolute Gasteiger partial charge is 0.381 e. The number of nitrogens with one attached hydrogen (secondary N) is 1. The van der Waals surface area contributed by atoms with Crippen LogP contribution < -0.4 is 5.32 Å². The average molecular weight is 339 g/mol. The van der Waals surface area contributed by atoms with Gasteiger partial charge < -0.3 is 10.1 Å². The molecule has 25 heavy (non-hydrogen) atoms. The van der Waals surface area contributed by atoms with Crippen LogP contribution in [0, 0.1) is 13.8 Å². The fraction of sp³-hybridized carbons (Fsp3) is 0.579. The van der Waals surface area contributed by atoms with Gasteiger partial charge in [-0.15, -0.1) is 0 Å². The monoisotopic (exact) mass is 339 g/mol. The van der Waals surface area contributed by atoms with Crippen LogP contribution in [-0.4, -0.2) is 39.7 Å². The number of anilines is 1. The predicted octanol–water partition coefficient (Wildman–Crippen LogP) is 2.53. The lowest BCUT2D eigenvalue weighted by molar-refractivity contribution is 0.193. The van der Waals surface area contributed by atoms with Gasteiger partial charge in [0.25, 0.3) is 0 Å².